The number of pyridine rings is 1. The van der Waals surface area contributed by atoms with Gasteiger partial charge in [-0.3, -0.25) is 14.9 Å². The molecule has 4 rings (SSSR count). The summed E-state index contributed by atoms with van der Waals surface area (Å²) in [6, 6.07) is 3.74. The lowest BCUT2D eigenvalue weighted by molar-refractivity contribution is 0.0726. The number of nitrogens with one attached hydrogen (secondary N) is 1. The molecule has 0 aliphatic carbocycles. The lowest BCUT2D eigenvalue weighted by Gasteiger charge is -2.30. The van der Waals surface area contributed by atoms with Gasteiger partial charge in [0.2, 0.25) is 0 Å². The summed E-state index contributed by atoms with van der Waals surface area (Å²) in [6.45, 7) is 0.963. The van der Waals surface area contributed by atoms with Crippen LogP contribution in [0, 0.1) is 0 Å². The number of hydrogen-bond donors (Lipinski definition) is 1. The summed E-state index contributed by atoms with van der Waals surface area (Å²) in [6.07, 6.45) is 5.53. The van der Waals surface area contributed by atoms with E-state index in [2.05, 4.69) is 15.2 Å². The number of rotatable bonds is 3. The van der Waals surface area contributed by atoms with Gasteiger partial charge in [0.15, 0.2) is 5.82 Å². The van der Waals surface area contributed by atoms with E-state index in [1.807, 2.05) is 31.1 Å². The maximum atomic E-state index is 12.8. The number of amides is 1. The molecule has 0 saturated carbocycles. The molecule has 3 aromatic heterocycles. The number of carbonyl (C=O) groups excluding carboxylic acids is 1. The molecule has 1 aliphatic rings. The Morgan fingerprint density at radius 1 is 1.26 bits per heavy atom. The summed E-state index contributed by atoms with van der Waals surface area (Å²) >= 11 is 6.05. The molecule has 0 radical (unpaired) electrons. The first-order valence-corrected chi connectivity index (χ1v) is 8.88. The monoisotopic (exact) mass is 383 g/mol. The van der Waals surface area contributed by atoms with Gasteiger partial charge in [-0.2, -0.15) is 5.10 Å². The highest BCUT2D eigenvalue weighted by Crippen LogP contribution is 2.29. The van der Waals surface area contributed by atoms with Crippen LogP contribution in [0.3, 0.4) is 0 Å². The number of aromatic nitrogens is 5. The molecule has 0 saturated heterocycles. The van der Waals surface area contributed by atoms with Crippen LogP contribution in [0.1, 0.15) is 21.7 Å². The highest BCUT2D eigenvalue weighted by Gasteiger charge is 2.28. The molecule has 1 aliphatic heterocycles. The number of hydrogen-bond acceptors (Lipinski definition) is 6. The third-order valence-electron chi connectivity index (χ3n) is 4.50. The predicted octanol–water partition coefficient (Wildman–Crippen LogP) is 2.18. The molecule has 0 spiro atoms. The van der Waals surface area contributed by atoms with Crippen LogP contribution >= 0.6 is 11.6 Å². The lowest BCUT2D eigenvalue weighted by Crippen LogP contribution is -2.37. The minimum absolute atomic E-state index is 0.182. The summed E-state index contributed by atoms with van der Waals surface area (Å²) in [5.74, 6) is 1.31. The normalized spacial score (nSPS) is 13.4. The average Bonchev–Trinajstić information content (AvgIpc) is 3.12. The Morgan fingerprint density at radius 2 is 2.04 bits per heavy atom. The number of anilines is 1. The summed E-state index contributed by atoms with van der Waals surface area (Å²) in [5, 5.41) is 6.82. The summed E-state index contributed by atoms with van der Waals surface area (Å²) < 4.78 is 0. The zero-order valence-electron chi connectivity index (χ0n) is 15.0. The van der Waals surface area contributed by atoms with Gasteiger partial charge in [-0.25, -0.2) is 9.97 Å². The van der Waals surface area contributed by atoms with Crippen LogP contribution in [0.15, 0.2) is 30.7 Å². The van der Waals surface area contributed by atoms with E-state index in [0.717, 1.165) is 22.6 Å². The van der Waals surface area contributed by atoms with Crippen LogP contribution in [0.25, 0.3) is 11.4 Å². The second kappa shape index (κ2) is 6.96. The number of carbonyl (C=O) groups is 1. The smallest absolute Gasteiger partial charge is 0.273 e. The minimum atomic E-state index is -0.182. The van der Waals surface area contributed by atoms with E-state index in [0.29, 0.717) is 36.1 Å². The number of nitrogens with zero attached hydrogens (tertiary/aromatic N) is 6. The van der Waals surface area contributed by atoms with Gasteiger partial charge in [0, 0.05) is 44.2 Å². The van der Waals surface area contributed by atoms with E-state index in [-0.39, 0.29) is 5.91 Å². The predicted molar refractivity (Wildman–Crippen MR) is 102 cm³/mol. The fourth-order valence-electron chi connectivity index (χ4n) is 3.16. The third kappa shape index (κ3) is 3.23. The molecule has 138 valence electrons. The summed E-state index contributed by atoms with van der Waals surface area (Å²) in [5.41, 5.74) is 3.10. The van der Waals surface area contributed by atoms with Crippen molar-refractivity contribution >= 4 is 23.3 Å². The lowest BCUT2D eigenvalue weighted by atomic mass is 10.0. The second-order valence-electron chi connectivity index (χ2n) is 6.50. The first kappa shape index (κ1) is 17.4. The first-order valence-electron chi connectivity index (χ1n) is 8.50. The number of aromatic amines is 1. The largest absolute Gasteiger partial charge is 0.362 e. The Morgan fingerprint density at radius 3 is 2.70 bits per heavy atom. The van der Waals surface area contributed by atoms with Crippen molar-refractivity contribution in [2.24, 2.45) is 0 Å². The van der Waals surface area contributed by atoms with Gasteiger partial charge >= 0.3 is 0 Å². The Kier molecular flexibility index (Phi) is 4.49. The van der Waals surface area contributed by atoms with Crippen molar-refractivity contribution in [3.8, 4) is 11.4 Å². The molecular weight excluding hydrogens is 366 g/mol. The van der Waals surface area contributed by atoms with Gasteiger partial charge in [-0.1, -0.05) is 11.6 Å². The molecule has 8 nitrogen and oxygen atoms in total. The SMILES string of the molecule is CN(C)c1nc(-c2ccncc2)nc2c1CCN(C(=O)c1[nH]ncc1Cl)C2. The van der Waals surface area contributed by atoms with E-state index in [1.54, 1.807) is 17.3 Å². The highest BCUT2D eigenvalue weighted by atomic mass is 35.5. The van der Waals surface area contributed by atoms with Crippen LogP contribution in [-0.4, -0.2) is 56.6 Å². The van der Waals surface area contributed by atoms with Gasteiger partial charge in [-0.05, 0) is 18.6 Å². The van der Waals surface area contributed by atoms with Crippen molar-refractivity contribution < 1.29 is 4.79 Å². The number of halogens is 1. The van der Waals surface area contributed by atoms with E-state index in [9.17, 15) is 4.79 Å². The van der Waals surface area contributed by atoms with Crippen LogP contribution in [0.2, 0.25) is 5.02 Å². The second-order valence-corrected chi connectivity index (χ2v) is 6.90. The summed E-state index contributed by atoms with van der Waals surface area (Å²) in [4.78, 5) is 30.0. The van der Waals surface area contributed by atoms with Crippen LogP contribution < -0.4 is 4.90 Å². The zero-order chi connectivity index (χ0) is 19.0. The van der Waals surface area contributed by atoms with Crippen LogP contribution in [-0.2, 0) is 13.0 Å². The van der Waals surface area contributed by atoms with Crippen LogP contribution in [0.5, 0.6) is 0 Å². The molecule has 9 heteroatoms. The van der Waals surface area contributed by atoms with Crippen molar-refractivity contribution in [1.82, 2.24) is 30.0 Å². The fourth-order valence-corrected chi connectivity index (χ4v) is 3.34. The topological polar surface area (TPSA) is 90.9 Å². The standard InChI is InChI=1S/C18H18ClN7O/c1-25(2)17-12-5-8-26(18(27)15-13(19)9-21-24-15)10-14(12)22-16(23-17)11-3-6-20-7-4-11/h3-4,6-7,9H,5,8,10H2,1-2H3,(H,21,24). The fraction of sp³-hybridized carbons (Fsp3) is 0.278. The van der Waals surface area contributed by atoms with Gasteiger partial charge in [0.25, 0.3) is 5.91 Å². The molecule has 27 heavy (non-hydrogen) atoms. The van der Waals surface area contributed by atoms with Crippen molar-refractivity contribution in [2.75, 3.05) is 25.5 Å². The quantitative estimate of drug-likeness (QED) is 0.745. The maximum Gasteiger partial charge on any atom is 0.273 e. The third-order valence-corrected chi connectivity index (χ3v) is 4.79. The van der Waals surface area contributed by atoms with Crippen molar-refractivity contribution in [2.45, 2.75) is 13.0 Å². The maximum absolute atomic E-state index is 12.8. The molecule has 0 fully saturated rings. The molecule has 0 atom stereocenters. The molecule has 4 heterocycles. The average molecular weight is 384 g/mol. The minimum Gasteiger partial charge on any atom is -0.362 e. The Bertz CT molecular complexity index is 987. The van der Waals surface area contributed by atoms with E-state index < -0.39 is 0 Å². The van der Waals surface area contributed by atoms with E-state index in [1.165, 1.54) is 6.20 Å². The number of H-pyrrole nitrogens is 1. The first-order chi connectivity index (χ1) is 13.0. The van der Waals surface area contributed by atoms with Crippen molar-refractivity contribution in [3.05, 3.63) is 52.7 Å². The molecule has 1 N–H and O–H groups in total. The Labute approximate surface area is 161 Å². The van der Waals surface area contributed by atoms with Crippen LogP contribution in [0.4, 0.5) is 5.82 Å². The number of fused-ring (bicyclic) bond motifs is 1. The molecule has 0 aromatic carbocycles. The molecule has 3 aromatic rings. The molecular formula is C18H18ClN7O. The highest BCUT2D eigenvalue weighted by molar-refractivity contribution is 6.33. The van der Waals surface area contributed by atoms with E-state index >= 15 is 0 Å². The van der Waals surface area contributed by atoms with Gasteiger partial charge in [-0.15, -0.1) is 0 Å². The van der Waals surface area contributed by atoms with Gasteiger partial charge < -0.3 is 9.80 Å². The Balaban J connectivity index is 1.72. The van der Waals surface area contributed by atoms with Gasteiger partial charge in [0.1, 0.15) is 11.5 Å². The molecule has 0 bridgehead atoms. The molecule has 0 unspecified atom stereocenters. The van der Waals surface area contributed by atoms with Gasteiger partial charge in [0.05, 0.1) is 23.5 Å². The molecule has 1 amide bonds. The van der Waals surface area contributed by atoms with E-state index in [4.69, 9.17) is 21.6 Å². The summed E-state index contributed by atoms with van der Waals surface area (Å²) in [7, 11) is 3.92. The zero-order valence-corrected chi connectivity index (χ0v) is 15.7. The van der Waals surface area contributed by atoms with Crippen molar-refractivity contribution in [1.29, 1.82) is 0 Å². The van der Waals surface area contributed by atoms with Crippen molar-refractivity contribution in [3.63, 3.8) is 0 Å². The Hall–Kier alpha value is -3.00.